The van der Waals surface area contributed by atoms with E-state index in [0.29, 0.717) is 5.69 Å². The van der Waals surface area contributed by atoms with Crippen LogP contribution in [0.25, 0.3) is 0 Å². The minimum atomic E-state index is -0.801. The molecule has 3 rings (SSSR count). The maximum Gasteiger partial charge on any atom is 0.276 e. The normalized spacial score (nSPS) is 10.6. The summed E-state index contributed by atoms with van der Waals surface area (Å²) in [5, 5.41) is 6.92. The highest BCUT2D eigenvalue weighted by Crippen LogP contribution is 2.19. The summed E-state index contributed by atoms with van der Waals surface area (Å²) in [6.07, 6.45) is 1.54. The molecule has 0 unspecified atom stereocenters. The van der Waals surface area contributed by atoms with Crippen molar-refractivity contribution in [2.24, 2.45) is 0 Å². The van der Waals surface area contributed by atoms with Gasteiger partial charge in [0.1, 0.15) is 5.82 Å². The van der Waals surface area contributed by atoms with Crippen LogP contribution in [0.5, 0.6) is 5.75 Å². The van der Waals surface area contributed by atoms with Crippen LogP contribution in [0.2, 0.25) is 0 Å². The molecule has 1 N–H and O–H groups in total. The zero-order valence-electron chi connectivity index (χ0n) is 14.3. The van der Waals surface area contributed by atoms with Gasteiger partial charge in [-0.1, -0.05) is 12.1 Å². The number of ether oxygens (including phenoxy) is 1. The molecule has 1 aromatic heterocycles. The highest BCUT2D eigenvalue weighted by atomic mass is 19.1. The number of rotatable bonds is 5. The van der Waals surface area contributed by atoms with E-state index in [4.69, 9.17) is 4.74 Å². The SMILES string of the molecule is Cc1ccc(C)c(NC(=O)c2ccn(COc3ccc(F)cc3F)n2)c1. The van der Waals surface area contributed by atoms with E-state index < -0.39 is 11.6 Å². The fourth-order valence-electron chi connectivity index (χ4n) is 2.34. The van der Waals surface area contributed by atoms with E-state index >= 15 is 0 Å². The Morgan fingerprint density at radius 2 is 1.96 bits per heavy atom. The molecule has 3 aromatic rings. The Kier molecular flexibility index (Phi) is 4.97. The van der Waals surface area contributed by atoms with Gasteiger partial charge in [-0.3, -0.25) is 4.79 Å². The Labute approximate surface area is 149 Å². The summed E-state index contributed by atoms with van der Waals surface area (Å²) in [6.45, 7) is 3.73. The van der Waals surface area contributed by atoms with Gasteiger partial charge in [-0.05, 0) is 49.2 Å². The van der Waals surface area contributed by atoms with Gasteiger partial charge in [-0.25, -0.2) is 13.5 Å². The van der Waals surface area contributed by atoms with Crippen LogP contribution >= 0.6 is 0 Å². The van der Waals surface area contributed by atoms with Crippen LogP contribution in [-0.2, 0) is 6.73 Å². The van der Waals surface area contributed by atoms with Crippen molar-refractivity contribution in [3.8, 4) is 5.75 Å². The van der Waals surface area contributed by atoms with Crippen molar-refractivity contribution in [1.29, 1.82) is 0 Å². The van der Waals surface area contributed by atoms with Gasteiger partial charge in [0.2, 0.25) is 0 Å². The van der Waals surface area contributed by atoms with Crippen molar-refractivity contribution in [1.82, 2.24) is 9.78 Å². The second-order valence-electron chi connectivity index (χ2n) is 5.86. The molecule has 1 amide bonds. The van der Waals surface area contributed by atoms with Crippen LogP contribution in [0.1, 0.15) is 21.6 Å². The van der Waals surface area contributed by atoms with E-state index in [9.17, 15) is 13.6 Å². The van der Waals surface area contributed by atoms with Crippen LogP contribution in [0.4, 0.5) is 14.5 Å². The van der Waals surface area contributed by atoms with E-state index in [1.165, 1.54) is 16.8 Å². The van der Waals surface area contributed by atoms with E-state index in [1.54, 1.807) is 6.20 Å². The van der Waals surface area contributed by atoms with Crippen molar-refractivity contribution in [2.45, 2.75) is 20.6 Å². The smallest absolute Gasteiger partial charge is 0.276 e. The van der Waals surface area contributed by atoms with Gasteiger partial charge >= 0.3 is 0 Å². The van der Waals surface area contributed by atoms with Gasteiger partial charge in [0.15, 0.2) is 24.0 Å². The average molecular weight is 357 g/mol. The number of aryl methyl sites for hydroxylation is 2. The summed E-state index contributed by atoms with van der Waals surface area (Å²) >= 11 is 0. The van der Waals surface area contributed by atoms with Crippen molar-refractivity contribution in [2.75, 3.05) is 5.32 Å². The maximum absolute atomic E-state index is 13.5. The number of carbonyl (C=O) groups is 1. The van der Waals surface area contributed by atoms with E-state index in [1.807, 2.05) is 32.0 Å². The number of anilines is 1. The molecule has 134 valence electrons. The Balaban J connectivity index is 1.65. The highest BCUT2D eigenvalue weighted by molar-refractivity contribution is 6.03. The maximum atomic E-state index is 13.5. The summed E-state index contributed by atoms with van der Waals surface area (Å²) in [4.78, 5) is 12.3. The topological polar surface area (TPSA) is 56.2 Å². The lowest BCUT2D eigenvalue weighted by Gasteiger charge is -2.08. The van der Waals surface area contributed by atoms with Crippen molar-refractivity contribution >= 4 is 11.6 Å². The molecule has 0 aliphatic rings. The van der Waals surface area contributed by atoms with Crippen LogP contribution in [0, 0.1) is 25.5 Å². The van der Waals surface area contributed by atoms with Crippen molar-refractivity contribution in [3.05, 3.63) is 77.1 Å². The number of nitrogens with zero attached hydrogens (tertiary/aromatic N) is 2. The summed E-state index contributed by atoms with van der Waals surface area (Å²) < 4.78 is 33.0. The van der Waals surface area contributed by atoms with Crippen molar-refractivity contribution < 1.29 is 18.3 Å². The molecule has 1 heterocycles. The molecular formula is C19H17F2N3O2. The molecule has 0 aliphatic carbocycles. The van der Waals surface area contributed by atoms with Crippen LogP contribution in [0.3, 0.4) is 0 Å². The van der Waals surface area contributed by atoms with Gasteiger partial charge < -0.3 is 10.1 Å². The first-order chi connectivity index (χ1) is 12.4. The standard InChI is InChI=1S/C19H17F2N3O2/c1-12-3-4-13(2)17(9-12)22-19(25)16-7-8-24(23-16)11-26-18-6-5-14(20)10-15(18)21/h3-10H,11H2,1-2H3,(H,22,25). The molecule has 5 nitrogen and oxygen atoms in total. The number of aromatic nitrogens is 2. The number of nitrogens with one attached hydrogen (secondary N) is 1. The zero-order valence-corrected chi connectivity index (χ0v) is 14.3. The number of hydrogen-bond acceptors (Lipinski definition) is 3. The lowest BCUT2D eigenvalue weighted by Crippen LogP contribution is -2.15. The molecule has 0 saturated heterocycles. The molecule has 26 heavy (non-hydrogen) atoms. The molecule has 7 heteroatoms. The fourth-order valence-corrected chi connectivity index (χ4v) is 2.34. The lowest BCUT2D eigenvalue weighted by molar-refractivity contribution is 0.102. The Morgan fingerprint density at radius 3 is 2.73 bits per heavy atom. The summed E-state index contributed by atoms with van der Waals surface area (Å²) in [7, 11) is 0. The first kappa shape index (κ1) is 17.6. The van der Waals surface area contributed by atoms with Gasteiger partial charge in [-0.2, -0.15) is 5.10 Å². The Morgan fingerprint density at radius 1 is 1.15 bits per heavy atom. The molecular weight excluding hydrogens is 340 g/mol. The molecule has 0 spiro atoms. The van der Waals surface area contributed by atoms with E-state index in [-0.39, 0.29) is 24.1 Å². The van der Waals surface area contributed by atoms with Crippen LogP contribution in [0.15, 0.2) is 48.7 Å². The zero-order chi connectivity index (χ0) is 18.7. The monoisotopic (exact) mass is 357 g/mol. The number of carbonyl (C=O) groups excluding carboxylic acids is 1. The van der Waals surface area contributed by atoms with Crippen molar-refractivity contribution in [3.63, 3.8) is 0 Å². The van der Waals surface area contributed by atoms with Crippen LogP contribution in [-0.4, -0.2) is 15.7 Å². The summed E-state index contributed by atoms with van der Waals surface area (Å²) in [5.74, 6) is -1.93. The average Bonchev–Trinajstić information content (AvgIpc) is 3.06. The predicted molar refractivity (Wildman–Crippen MR) is 93.1 cm³/mol. The third-order valence-corrected chi connectivity index (χ3v) is 3.76. The second-order valence-corrected chi connectivity index (χ2v) is 5.86. The van der Waals surface area contributed by atoms with Crippen LogP contribution < -0.4 is 10.1 Å². The first-order valence-electron chi connectivity index (χ1n) is 7.92. The lowest BCUT2D eigenvalue weighted by atomic mass is 10.1. The quantitative estimate of drug-likeness (QED) is 0.749. The molecule has 0 atom stereocenters. The van der Waals surface area contributed by atoms with Gasteiger partial charge in [-0.15, -0.1) is 0 Å². The van der Waals surface area contributed by atoms with Gasteiger partial charge in [0, 0.05) is 18.0 Å². The summed E-state index contributed by atoms with van der Waals surface area (Å²) in [6, 6.07) is 10.3. The molecule has 0 fully saturated rings. The second kappa shape index (κ2) is 7.35. The molecule has 0 bridgehead atoms. The molecule has 0 aliphatic heterocycles. The summed E-state index contributed by atoms with van der Waals surface area (Å²) in [5.41, 5.74) is 2.90. The largest absolute Gasteiger partial charge is 0.468 e. The molecule has 2 aromatic carbocycles. The number of benzene rings is 2. The predicted octanol–water partition coefficient (Wildman–Crippen LogP) is 4.07. The Hall–Kier alpha value is -3.22. The number of halogens is 2. The van der Waals surface area contributed by atoms with E-state index in [0.717, 1.165) is 23.3 Å². The third-order valence-electron chi connectivity index (χ3n) is 3.76. The highest BCUT2D eigenvalue weighted by Gasteiger charge is 2.12. The number of amides is 1. The molecule has 0 radical (unpaired) electrons. The first-order valence-corrected chi connectivity index (χ1v) is 7.92. The minimum Gasteiger partial charge on any atom is -0.468 e. The minimum absolute atomic E-state index is 0.0942. The molecule has 0 saturated carbocycles. The Bertz CT molecular complexity index is 954. The van der Waals surface area contributed by atoms with E-state index in [2.05, 4.69) is 10.4 Å². The fraction of sp³-hybridized carbons (Fsp3) is 0.158. The third kappa shape index (κ3) is 4.05. The number of hydrogen-bond donors (Lipinski definition) is 1. The van der Waals surface area contributed by atoms with Gasteiger partial charge in [0.25, 0.3) is 5.91 Å². The van der Waals surface area contributed by atoms with Gasteiger partial charge in [0.05, 0.1) is 0 Å².